The number of aromatic nitrogens is 4. The lowest BCUT2D eigenvalue weighted by molar-refractivity contribution is 0.156. The number of fused-ring (bicyclic) bond motifs is 1. The van der Waals surface area contributed by atoms with E-state index >= 15 is 0 Å². The molecule has 5 rings (SSSR count). The van der Waals surface area contributed by atoms with Crippen LogP contribution in [0, 0.1) is 6.92 Å². The van der Waals surface area contributed by atoms with Crippen LogP contribution in [0.1, 0.15) is 5.69 Å². The predicted molar refractivity (Wildman–Crippen MR) is 107 cm³/mol. The van der Waals surface area contributed by atoms with Crippen molar-refractivity contribution in [3.05, 3.63) is 42.5 Å². The molecule has 2 fully saturated rings. The van der Waals surface area contributed by atoms with E-state index in [1.807, 2.05) is 12.3 Å². The molecule has 0 aromatic carbocycles. The second-order valence-electron chi connectivity index (χ2n) is 7.55. The van der Waals surface area contributed by atoms with Crippen LogP contribution >= 0.6 is 0 Å². The number of hydrogen-bond donors (Lipinski definition) is 0. The lowest BCUT2D eigenvalue weighted by Gasteiger charge is -2.48. The summed E-state index contributed by atoms with van der Waals surface area (Å²) in [6, 6.07) is 8.88. The molecule has 0 N–H and O–H groups in total. The molecule has 140 valence electrons. The summed E-state index contributed by atoms with van der Waals surface area (Å²) in [5.41, 5.74) is 3.40. The number of rotatable bonds is 3. The zero-order chi connectivity index (χ0) is 18.4. The summed E-state index contributed by atoms with van der Waals surface area (Å²) >= 11 is 0. The van der Waals surface area contributed by atoms with Gasteiger partial charge in [-0.25, -0.2) is 15.0 Å². The average molecular weight is 363 g/mol. The average Bonchev–Trinajstić information content (AvgIpc) is 2.97. The Labute approximate surface area is 159 Å². The Kier molecular flexibility index (Phi) is 3.97. The van der Waals surface area contributed by atoms with Gasteiger partial charge in [0.05, 0.1) is 5.52 Å². The van der Waals surface area contributed by atoms with Crippen molar-refractivity contribution in [1.82, 2.24) is 24.4 Å². The number of nitrogens with zero attached hydrogens (tertiary/aromatic N) is 7. The third-order valence-electron chi connectivity index (χ3n) is 6.01. The van der Waals surface area contributed by atoms with E-state index in [0.717, 1.165) is 61.9 Å². The van der Waals surface area contributed by atoms with Gasteiger partial charge >= 0.3 is 0 Å². The van der Waals surface area contributed by atoms with Crippen molar-refractivity contribution in [2.45, 2.75) is 13.0 Å². The standard InChI is InChI=1S/C20H25N7/c1-15-11-17-19(24(15)2)20(23-14-22-17)27-12-16(13-27)25-7-9-26(10-8-25)18-5-3-4-6-21-18/h3-6,11,14,16H,7-10,12-13H2,1-2H3. The predicted octanol–water partition coefficient (Wildman–Crippen LogP) is 1.68. The van der Waals surface area contributed by atoms with Gasteiger partial charge in [0.25, 0.3) is 0 Å². The summed E-state index contributed by atoms with van der Waals surface area (Å²) in [5.74, 6) is 2.16. The minimum absolute atomic E-state index is 0.613. The first kappa shape index (κ1) is 16.5. The Morgan fingerprint density at radius 1 is 0.963 bits per heavy atom. The molecule has 7 nitrogen and oxygen atoms in total. The smallest absolute Gasteiger partial charge is 0.156 e. The zero-order valence-electron chi connectivity index (χ0n) is 15.9. The molecule has 0 spiro atoms. The molecule has 2 aliphatic heterocycles. The largest absolute Gasteiger partial charge is 0.354 e. The van der Waals surface area contributed by atoms with Gasteiger partial charge in [-0.2, -0.15) is 0 Å². The first-order chi connectivity index (χ1) is 13.2. The number of hydrogen-bond acceptors (Lipinski definition) is 6. The summed E-state index contributed by atoms with van der Waals surface area (Å²) < 4.78 is 2.20. The van der Waals surface area contributed by atoms with Crippen molar-refractivity contribution in [2.75, 3.05) is 49.1 Å². The second kappa shape index (κ2) is 6.49. The van der Waals surface area contributed by atoms with Crippen LogP contribution in [0.15, 0.2) is 36.8 Å². The van der Waals surface area contributed by atoms with Gasteiger partial charge < -0.3 is 14.4 Å². The van der Waals surface area contributed by atoms with Gasteiger partial charge in [-0.1, -0.05) is 6.07 Å². The molecule has 2 aliphatic rings. The molecule has 0 amide bonds. The van der Waals surface area contributed by atoms with Crippen LogP contribution in [-0.2, 0) is 7.05 Å². The third-order valence-corrected chi connectivity index (χ3v) is 6.01. The number of anilines is 2. The summed E-state index contributed by atoms with van der Waals surface area (Å²) in [6.07, 6.45) is 3.56. The fourth-order valence-corrected chi connectivity index (χ4v) is 4.23. The Bertz CT molecular complexity index is 938. The molecular weight excluding hydrogens is 338 g/mol. The lowest BCUT2D eigenvalue weighted by Crippen LogP contribution is -2.63. The molecule has 0 aliphatic carbocycles. The minimum atomic E-state index is 0.613. The first-order valence-electron chi connectivity index (χ1n) is 9.63. The van der Waals surface area contributed by atoms with Crippen LogP contribution in [0.25, 0.3) is 11.0 Å². The summed E-state index contributed by atoms with van der Waals surface area (Å²) in [5, 5.41) is 0. The SMILES string of the molecule is Cc1cc2ncnc(N3CC(N4CCN(c5ccccn5)CC4)C3)c2n1C. The maximum atomic E-state index is 4.59. The van der Waals surface area contributed by atoms with Crippen LogP contribution in [0.3, 0.4) is 0 Å². The molecule has 2 saturated heterocycles. The van der Waals surface area contributed by atoms with E-state index in [2.05, 4.69) is 66.4 Å². The van der Waals surface area contributed by atoms with Gasteiger partial charge in [0.15, 0.2) is 5.82 Å². The molecular formula is C20H25N7. The fourth-order valence-electron chi connectivity index (χ4n) is 4.23. The van der Waals surface area contributed by atoms with Gasteiger partial charge in [-0.05, 0) is 25.1 Å². The van der Waals surface area contributed by atoms with Crippen LogP contribution in [0.5, 0.6) is 0 Å². The Morgan fingerprint density at radius 3 is 2.52 bits per heavy atom. The Morgan fingerprint density at radius 2 is 1.78 bits per heavy atom. The van der Waals surface area contributed by atoms with Gasteiger partial charge in [-0.3, -0.25) is 4.90 Å². The van der Waals surface area contributed by atoms with Crippen molar-refractivity contribution in [3.63, 3.8) is 0 Å². The number of aryl methyl sites for hydroxylation is 2. The van der Waals surface area contributed by atoms with E-state index in [4.69, 9.17) is 0 Å². The third kappa shape index (κ3) is 2.82. The minimum Gasteiger partial charge on any atom is -0.354 e. The van der Waals surface area contributed by atoms with Crippen LogP contribution in [-0.4, -0.2) is 69.7 Å². The van der Waals surface area contributed by atoms with E-state index < -0.39 is 0 Å². The normalized spacial score (nSPS) is 18.9. The monoisotopic (exact) mass is 363 g/mol. The van der Waals surface area contributed by atoms with Crippen LogP contribution in [0.4, 0.5) is 11.6 Å². The topological polar surface area (TPSA) is 53.3 Å². The summed E-state index contributed by atoms with van der Waals surface area (Å²) in [7, 11) is 2.10. The van der Waals surface area contributed by atoms with Crippen molar-refractivity contribution in [3.8, 4) is 0 Å². The number of pyridine rings is 1. The highest BCUT2D eigenvalue weighted by atomic mass is 15.4. The maximum absolute atomic E-state index is 4.59. The Hall–Kier alpha value is -2.67. The highest BCUT2D eigenvalue weighted by molar-refractivity contribution is 5.88. The second-order valence-corrected chi connectivity index (χ2v) is 7.55. The summed E-state index contributed by atoms with van der Waals surface area (Å²) in [4.78, 5) is 20.9. The molecule has 0 radical (unpaired) electrons. The van der Waals surface area contributed by atoms with Crippen molar-refractivity contribution in [2.24, 2.45) is 7.05 Å². The van der Waals surface area contributed by atoms with Gasteiger partial charge in [0.1, 0.15) is 17.7 Å². The maximum Gasteiger partial charge on any atom is 0.156 e. The summed E-state index contributed by atoms with van der Waals surface area (Å²) in [6.45, 7) is 8.48. The van der Waals surface area contributed by atoms with Crippen LogP contribution < -0.4 is 9.80 Å². The first-order valence-corrected chi connectivity index (χ1v) is 9.63. The quantitative estimate of drug-likeness (QED) is 0.706. The zero-order valence-corrected chi connectivity index (χ0v) is 15.9. The van der Waals surface area contributed by atoms with E-state index in [1.54, 1.807) is 6.33 Å². The van der Waals surface area contributed by atoms with Crippen molar-refractivity contribution in [1.29, 1.82) is 0 Å². The molecule has 7 heteroatoms. The van der Waals surface area contributed by atoms with Crippen molar-refractivity contribution >= 4 is 22.7 Å². The molecule has 0 atom stereocenters. The van der Waals surface area contributed by atoms with Gasteiger partial charge in [0.2, 0.25) is 0 Å². The van der Waals surface area contributed by atoms with E-state index in [-0.39, 0.29) is 0 Å². The van der Waals surface area contributed by atoms with Gasteiger partial charge in [0, 0.05) is 64.2 Å². The Balaban J connectivity index is 1.23. The molecule has 0 bridgehead atoms. The fraction of sp³-hybridized carbons (Fsp3) is 0.450. The lowest BCUT2D eigenvalue weighted by atomic mass is 10.1. The molecule has 3 aromatic rings. The molecule has 5 heterocycles. The molecule has 0 unspecified atom stereocenters. The van der Waals surface area contributed by atoms with E-state index in [1.165, 1.54) is 5.69 Å². The number of piperazine rings is 1. The highest BCUT2D eigenvalue weighted by Gasteiger charge is 2.35. The van der Waals surface area contributed by atoms with E-state index in [9.17, 15) is 0 Å². The van der Waals surface area contributed by atoms with Gasteiger partial charge in [-0.15, -0.1) is 0 Å². The van der Waals surface area contributed by atoms with Crippen molar-refractivity contribution < 1.29 is 0 Å². The van der Waals surface area contributed by atoms with Crippen LogP contribution in [0.2, 0.25) is 0 Å². The molecule has 3 aromatic heterocycles. The molecule has 0 saturated carbocycles. The molecule has 27 heavy (non-hydrogen) atoms. The highest BCUT2D eigenvalue weighted by Crippen LogP contribution is 2.30. The van der Waals surface area contributed by atoms with E-state index in [0.29, 0.717) is 6.04 Å².